The van der Waals surface area contributed by atoms with E-state index in [9.17, 15) is 4.39 Å². The number of benzene rings is 1. The molecule has 0 atom stereocenters. The van der Waals surface area contributed by atoms with Gasteiger partial charge < -0.3 is 14.9 Å². The quantitative estimate of drug-likeness (QED) is 0.926. The minimum Gasteiger partial charge on any atom is -0.390 e. The summed E-state index contributed by atoms with van der Waals surface area (Å²) in [5.74, 6) is 0.614. The lowest BCUT2D eigenvalue weighted by Gasteiger charge is -2.36. The van der Waals surface area contributed by atoms with Crippen LogP contribution in [-0.2, 0) is 6.61 Å². The maximum absolute atomic E-state index is 12.9. The zero-order valence-electron chi connectivity index (χ0n) is 11.6. The van der Waals surface area contributed by atoms with Gasteiger partial charge in [-0.2, -0.15) is 0 Å². The summed E-state index contributed by atoms with van der Waals surface area (Å²) in [6.45, 7) is 3.30. The van der Waals surface area contributed by atoms with Crippen molar-refractivity contribution in [1.29, 1.82) is 0 Å². The Labute approximate surface area is 122 Å². The van der Waals surface area contributed by atoms with Gasteiger partial charge in [0.2, 0.25) is 0 Å². The van der Waals surface area contributed by atoms with Crippen molar-refractivity contribution in [3.05, 3.63) is 48.2 Å². The van der Waals surface area contributed by atoms with E-state index in [2.05, 4.69) is 19.8 Å². The van der Waals surface area contributed by atoms with E-state index in [1.807, 2.05) is 0 Å². The van der Waals surface area contributed by atoms with E-state index in [-0.39, 0.29) is 12.4 Å². The van der Waals surface area contributed by atoms with Crippen molar-refractivity contribution in [1.82, 2.24) is 9.97 Å². The van der Waals surface area contributed by atoms with Crippen LogP contribution in [0.1, 0.15) is 5.69 Å². The highest BCUT2D eigenvalue weighted by Gasteiger charge is 2.18. The number of halogens is 1. The molecular formula is C15H17FN4O. The first-order valence-electron chi connectivity index (χ1n) is 6.93. The van der Waals surface area contributed by atoms with Crippen molar-refractivity contribution >= 4 is 11.5 Å². The summed E-state index contributed by atoms with van der Waals surface area (Å²) in [6, 6.07) is 6.59. The number of aliphatic hydroxyl groups is 1. The Bertz CT molecular complexity index is 580. The first-order valence-corrected chi connectivity index (χ1v) is 6.93. The van der Waals surface area contributed by atoms with Crippen LogP contribution in [0.4, 0.5) is 15.9 Å². The second-order valence-corrected chi connectivity index (χ2v) is 4.97. The predicted molar refractivity (Wildman–Crippen MR) is 78.8 cm³/mol. The van der Waals surface area contributed by atoms with Crippen LogP contribution < -0.4 is 9.80 Å². The van der Waals surface area contributed by atoms with Crippen molar-refractivity contribution < 1.29 is 9.50 Å². The minimum absolute atomic E-state index is 0.0916. The molecule has 2 aromatic rings. The highest BCUT2D eigenvalue weighted by Crippen LogP contribution is 2.19. The third-order valence-corrected chi connectivity index (χ3v) is 3.65. The van der Waals surface area contributed by atoms with Gasteiger partial charge in [-0.25, -0.2) is 9.37 Å². The van der Waals surface area contributed by atoms with Crippen molar-refractivity contribution in [3.8, 4) is 0 Å². The zero-order valence-corrected chi connectivity index (χ0v) is 11.6. The van der Waals surface area contributed by atoms with E-state index in [0.717, 1.165) is 37.7 Å². The van der Waals surface area contributed by atoms with Gasteiger partial charge in [-0.3, -0.25) is 4.98 Å². The number of aliphatic hydroxyl groups excluding tert-OH is 1. The Kier molecular flexibility index (Phi) is 3.96. The van der Waals surface area contributed by atoms with Crippen LogP contribution in [0.15, 0.2) is 36.7 Å². The summed E-state index contributed by atoms with van der Waals surface area (Å²) in [7, 11) is 0. The van der Waals surface area contributed by atoms with Gasteiger partial charge >= 0.3 is 0 Å². The van der Waals surface area contributed by atoms with Gasteiger partial charge in [0, 0.05) is 31.9 Å². The maximum atomic E-state index is 12.9. The average molecular weight is 288 g/mol. The normalized spacial score (nSPS) is 15.3. The maximum Gasteiger partial charge on any atom is 0.147 e. The first-order chi connectivity index (χ1) is 10.3. The summed E-state index contributed by atoms with van der Waals surface area (Å²) in [6.07, 6.45) is 3.29. The molecule has 2 heterocycles. The molecule has 0 saturated carbocycles. The number of nitrogens with zero attached hydrogens (tertiary/aromatic N) is 4. The lowest BCUT2D eigenvalue weighted by Crippen LogP contribution is -2.46. The first kappa shape index (κ1) is 13.8. The van der Waals surface area contributed by atoms with Gasteiger partial charge in [-0.15, -0.1) is 0 Å². The molecule has 0 amide bonds. The smallest absolute Gasteiger partial charge is 0.147 e. The Morgan fingerprint density at radius 2 is 1.62 bits per heavy atom. The fourth-order valence-corrected chi connectivity index (χ4v) is 2.44. The van der Waals surface area contributed by atoms with E-state index < -0.39 is 0 Å². The van der Waals surface area contributed by atoms with Gasteiger partial charge in [0.1, 0.15) is 11.6 Å². The highest BCUT2D eigenvalue weighted by atomic mass is 19.1. The number of hydrogen-bond donors (Lipinski definition) is 1. The van der Waals surface area contributed by atoms with Crippen molar-refractivity contribution in [2.45, 2.75) is 6.61 Å². The molecule has 21 heavy (non-hydrogen) atoms. The number of rotatable bonds is 3. The van der Waals surface area contributed by atoms with E-state index >= 15 is 0 Å². The topological polar surface area (TPSA) is 52.5 Å². The van der Waals surface area contributed by atoms with E-state index in [0.29, 0.717) is 5.69 Å². The summed E-state index contributed by atoms with van der Waals surface area (Å²) in [4.78, 5) is 12.9. The second-order valence-electron chi connectivity index (χ2n) is 4.97. The van der Waals surface area contributed by atoms with Crippen LogP contribution >= 0.6 is 0 Å². The minimum atomic E-state index is -0.211. The molecule has 0 bridgehead atoms. The molecule has 1 fully saturated rings. The van der Waals surface area contributed by atoms with Crippen molar-refractivity contribution in [3.63, 3.8) is 0 Å². The average Bonchev–Trinajstić information content (AvgIpc) is 2.56. The molecule has 1 N–H and O–H groups in total. The largest absolute Gasteiger partial charge is 0.390 e. The van der Waals surface area contributed by atoms with Crippen molar-refractivity contribution in [2.24, 2.45) is 0 Å². The monoisotopic (exact) mass is 288 g/mol. The number of hydrogen-bond acceptors (Lipinski definition) is 5. The molecule has 0 aliphatic carbocycles. The third kappa shape index (κ3) is 3.11. The second kappa shape index (κ2) is 6.05. The predicted octanol–water partition coefficient (Wildman–Crippen LogP) is 1.43. The molecule has 1 aromatic heterocycles. The molecule has 1 aliphatic heterocycles. The zero-order chi connectivity index (χ0) is 14.7. The van der Waals surface area contributed by atoms with Gasteiger partial charge in [-0.1, -0.05) is 0 Å². The molecule has 110 valence electrons. The van der Waals surface area contributed by atoms with E-state index in [4.69, 9.17) is 5.11 Å². The lowest BCUT2D eigenvalue weighted by molar-refractivity contribution is 0.276. The summed E-state index contributed by atoms with van der Waals surface area (Å²) in [5.41, 5.74) is 1.61. The number of anilines is 2. The van der Waals surface area contributed by atoms with E-state index in [1.165, 1.54) is 12.1 Å². The Balaban J connectivity index is 1.62. The van der Waals surface area contributed by atoms with Gasteiger partial charge in [0.05, 0.1) is 24.7 Å². The lowest BCUT2D eigenvalue weighted by atomic mass is 10.2. The molecule has 6 heteroatoms. The number of aromatic nitrogens is 2. The highest BCUT2D eigenvalue weighted by molar-refractivity contribution is 5.49. The molecule has 3 rings (SSSR count). The van der Waals surface area contributed by atoms with Crippen LogP contribution in [0, 0.1) is 5.82 Å². The molecule has 5 nitrogen and oxygen atoms in total. The van der Waals surface area contributed by atoms with Crippen LogP contribution in [0.25, 0.3) is 0 Å². The molecule has 0 spiro atoms. The van der Waals surface area contributed by atoms with Crippen LogP contribution in [0.5, 0.6) is 0 Å². The SMILES string of the molecule is OCc1cnc(N2CCN(c3ccc(F)cc3)CC2)cn1. The molecule has 0 radical (unpaired) electrons. The fourth-order valence-electron chi connectivity index (χ4n) is 2.44. The number of piperazine rings is 1. The molecular weight excluding hydrogens is 271 g/mol. The molecule has 1 aliphatic rings. The van der Waals surface area contributed by atoms with Crippen LogP contribution in [0.2, 0.25) is 0 Å². The third-order valence-electron chi connectivity index (χ3n) is 3.65. The standard InChI is InChI=1S/C15H17FN4O/c16-12-1-3-14(4-2-12)19-5-7-20(8-6-19)15-10-17-13(11-21)9-18-15/h1-4,9-10,21H,5-8,11H2. The molecule has 0 unspecified atom stereocenters. The molecule has 1 aromatic carbocycles. The van der Waals surface area contributed by atoms with Gasteiger partial charge in [0.25, 0.3) is 0 Å². The Hall–Kier alpha value is -2.21. The summed E-state index contributed by atoms with van der Waals surface area (Å²) in [5, 5.41) is 8.97. The fraction of sp³-hybridized carbons (Fsp3) is 0.333. The Morgan fingerprint density at radius 1 is 0.952 bits per heavy atom. The van der Waals surface area contributed by atoms with Crippen LogP contribution in [-0.4, -0.2) is 41.3 Å². The van der Waals surface area contributed by atoms with Crippen molar-refractivity contribution in [2.75, 3.05) is 36.0 Å². The molecule has 1 saturated heterocycles. The van der Waals surface area contributed by atoms with E-state index in [1.54, 1.807) is 24.5 Å². The van der Waals surface area contributed by atoms with Crippen LogP contribution in [0.3, 0.4) is 0 Å². The van der Waals surface area contributed by atoms with Gasteiger partial charge in [-0.05, 0) is 24.3 Å². The summed E-state index contributed by atoms with van der Waals surface area (Å²) < 4.78 is 12.9. The summed E-state index contributed by atoms with van der Waals surface area (Å²) >= 11 is 0. The van der Waals surface area contributed by atoms with Gasteiger partial charge in [0.15, 0.2) is 0 Å². The Morgan fingerprint density at radius 3 is 2.19 bits per heavy atom.